The van der Waals surface area contributed by atoms with Gasteiger partial charge in [0, 0.05) is 23.7 Å². The van der Waals surface area contributed by atoms with Crippen LogP contribution in [0.1, 0.15) is 12.0 Å². The SMILES string of the molecule is Cn1nnnc1-c1ccc2scc(CCC#N)c2c1. The molecule has 0 unspecified atom stereocenters. The molecule has 3 aromatic rings. The van der Waals surface area contributed by atoms with E-state index in [1.54, 1.807) is 16.0 Å². The van der Waals surface area contributed by atoms with Crippen LogP contribution in [0.25, 0.3) is 21.5 Å². The van der Waals surface area contributed by atoms with Gasteiger partial charge in [0.25, 0.3) is 0 Å². The van der Waals surface area contributed by atoms with Crippen molar-refractivity contribution in [1.29, 1.82) is 5.26 Å². The predicted molar refractivity (Wildman–Crippen MR) is 73.6 cm³/mol. The Morgan fingerprint density at radius 1 is 1.42 bits per heavy atom. The van der Waals surface area contributed by atoms with Crippen LogP contribution in [0.3, 0.4) is 0 Å². The molecular weight excluding hydrogens is 258 g/mol. The van der Waals surface area contributed by atoms with E-state index in [0.717, 1.165) is 17.8 Å². The van der Waals surface area contributed by atoms with Crippen molar-refractivity contribution in [1.82, 2.24) is 20.2 Å². The zero-order chi connectivity index (χ0) is 13.2. The highest BCUT2D eigenvalue weighted by atomic mass is 32.1. The van der Waals surface area contributed by atoms with Crippen molar-refractivity contribution >= 4 is 21.4 Å². The lowest BCUT2D eigenvalue weighted by Crippen LogP contribution is -1.94. The molecule has 0 aliphatic rings. The normalized spacial score (nSPS) is 10.7. The van der Waals surface area contributed by atoms with E-state index in [4.69, 9.17) is 5.26 Å². The molecule has 94 valence electrons. The molecule has 3 rings (SSSR count). The topological polar surface area (TPSA) is 67.4 Å². The fourth-order valence-electron chi connectivity index (χ4n) is 2.08. The summed E-state index contributed by atoms with van der Waals surface area (Å²) in [5.74, 6) is 0.749. The van der Waals surface area contributed by atoms with E-state index in [1.807, 2.05) is 13.1 Å². The third-order valence-electron chi connectivity index (χ3n) is 3.04. The summed E-state index contributed by atoms with van der Waals surface area (Å²) in [5, 5.41) is 23.6. The second kappa shape index (κ2) is 4.78. The van der Waals surface area contributed by atoms with E-state index in [0.29, 0.717) is 6.42 Å². The van der Waals surface area contributed by atoms with Crippen LogP contribution in [0.2, 0.25) is 0 Å². The molecule has 2 aromatic heterocycles. The Morgan fingerprint density at radius 3 is 3.05 bits per heavy atom. The summed E-state index contributed by atoms with van der Waals surface area (Å²) in [4.78, 5) is 0. The first-order valence-electron chi connectivity index (χ1n) is 5.89. The summed E-state index contributed by atoms with van der Waals surface area (Å²) in [5.41, 5.74) is 2.22. The number of nitrogens with zero attached hydrogens (tertiary/aromatic N) is 5. The molecule has 6 heteroatoms. The molecule has 5 nitrogen and oxygen atoms in total. The summed E-state index contributed by atoms with van der Waals surface area (Å²) < 4.78 is 2.88. The lowest BCUT2D eigenvalue weighted by Gasteiger charge is -2.01. The number of benzene rings is 1. The Kier molecular flexibility index (Phi) is 2.97. The molecule has 0 N–H and O–H groups in total. The lowest BCUT2D eigenvalue weighted by molar-refractivity contribution is 0.715. The molecular formula is C13H11N5S. The van der Waals surface area contributed by atoms with E-state index in [2.05, 4.69) is 39.1 Å². The van der Waals surface area contributed by atoms with Gasteiger partial charge in [-0.1, -0.05) is 0 Å². The molecule has 0 bridgehead atoms. The summed E-state index contributed by atoms with van der Waals surface area (Å²) in [7, 11) is 1.82. The average Bonchev–Trinajstić information content (AvgIpc) is 3.02. The van der Waals surface area contributed by atoms with Gasteiger partial charge in [0.1, 0.15) is 0 Å². The van der Waals surface area contributed by atoms with Gasteiger partial charge in [0.05, 0.1) is 6.07 Å². The summed E-state index contributed by atoms with van der Waals surface area (Å²) in [6, 6.07) is 8.40. The van der Waals surface area contributed by atoms with Crippen LogP contribution in [-0.2, 0) is 13.5 Å². The van der Waals surface area contributed by atoms with Crippen LogP contribution in [0.4, 0.5) is 0 Å². The van der Waals surface area contributed by atoms with Gasteiger partial charge < -0.3 is 0 Å². The Balaban J connectivity index is 2.09. The van der Waals surface area contributed by atoms with Crippen molar-refractivity contribution < 1.29 is 0 Å². The predicted octanol–water partition coefficient (Wildman–Crippen LogP) is 2.55. The Hall–Kier alpha value is -2.26. The second-order valence-corrected chi connectivity index (χ2v) is 5.17. The van der Waals surface area contributed by atoms with E-state index in [1.165, 1.54) is 15.6 Å². The van der Waals surface area contributed by atoms with Crippen LogP contribution in [0, 0.1) is 11.3 Å². The number of aromatic nitrogens is 4. The Bertz CT molecular complexity index is 765. The van der Waals surface area contributed by atoms with Crippen LogP contribution < -0.4 is 0 Å². The highest BCUT2D eigenvalue weighted by Gasteiger charge is 2.09. The average molecular weight is 269 g/mol. The molecule has 19 heavy (non-hydrogen) atoms. The lowest BCUT2D eigenvalue weighted by atomic mass is 10.1. The molecule has 0 aliphatic heterocycles. The standard InChI is InChI=1S/C13H11N5S/c1-18-13(15-16-17-18)9-4-5-12-11(7-9)10(8-19-12)3-2-6-14/h4-5,7-8H,2-3H2,1H3. The molecule has 0 spiro atoms. The molecule has 0 aliphatic carbocycles. The van der Waals surface area contributed by atoms with Crippen LogP contribution in [0.5, 0.6) is 0 Å². The van der Waals surface area contributed by atoms with Gasteiger partial charge in [-0.25, -0.2) is 4.68 Å². The molecule has 0 atom stereocenters. The van der Waals surface area contributed by atoms with Crippen molar-refractivity contribution in [3.8, 4) is 17.5 Å². The molecule has 0 saturated heterocycles. The van der Waals surface area contributed by atoms with Gasteiger partial charge in [-0.05, 0) is 51.4 Å². The summed E-state index contributed by atoms with van der Waals surface area (Å²) >= 11 is 1.71. The fourth-order valence-corrected chi connectivity index (χ4v) is 3.06. The minimum atomic E-state index is 0.543. The molecule has 0 radical (unpaired) electrons. The zero-order valence-corrected chi connectivity index (χ0v) is 11.2. The van der Waals surface area contributed by atoms with Crippen molar-refractivity contribution in [3.63, 3.8) is 0 Å². The van der Waals surface area contributed by atoms with Crippen LogP contribution >= 0.6 is 11.3 Å². The monoisotopic (exact) mass is 269 g/mol. The summed E-state index contributed by atoms with van der Waals surface area (Å²) in [6.07, 6.45) is 1.33. The van der Waals surface area contributed by atoms with Gasteiger partial charge in [-0.3, -0.25) is 0 Å². The number of tetrazole rings is 1. The first-order chi connectivity index (χ1) is 9.29. The van der Waals surface area contributed by atoms with Gasteiger partial charge in [-0.15, -0.1) is 16.4 Å². The Labute approximate surface area is 114 Å². The molecule has 1 aromatic carbocycles. The molecule has 0 amide bonds. The van der Waals surface area contributed by atoms with Crippen LogP contribution in [-0.4, -0.2) is 20.2 Å². The largest absolute Gasteiger partial charge is 0.229 e. The minimum Gasteiger partial charge on any atom is -0.229 e. The van der Waals surface area contributed by atoms with Crippen LogP contribution in [0.15, 0.2) is 23.6 Å². The second-order valence-electron chi connectivity index (χ2n) is 4.26. The summed E-state index contributed by atoms with van der Waals surface area (Å²) in [6.45, 7) is 0. The third-order valence-corrected chi connectivity index (χ3v) is 4.05. The fraction of sp³-hybridized carbons (Fsp3) is 0.231. The number of rotatable bonds is 3. The van der Waals surface area contributed by atoms with E-state index in [-0.39, 0.29) is 0 Å². The smallest absolute Gasteiger partial charge is 0.181 e. The van der Waals surface area contributed by atoms with Gasteiger partial charge in [-0.2, -0.15) is 5.26 Å². The minimum absolute atomic E-state index is 0.543. The molecule has 0 fully saturated rings. The van der Waals surface area contributed by atoms with Gasteiger partial charge >= 0.3 is 0 Å². The van der Waals surface area contributed by atoms with E-state index < -0.39 is 0 Å². The third kappa shape index (κ3) is 2.09. The van der Waals surface area contributed by atoms with E-state index >= 15 is 0 Å². The van der Waals surface area contributed by atoms with Gasteiger partial charge in [0.15, 0.2) is 5.82 Å². The van der Waals surface area contributed by atoms with Gasteiger partial charge in [0.2, 0.25) is 0 Å². The highest BCUT2D eigenvalue weighted by Crippen LogP contribution is 2.30. The molecule has 2 heterocycles. The number of fused-ring (bicyclic) bond motifs is 1. The number of hydrogen-bond donors (Lipinski definition) is 0. The number of aryl methyl sites for hydroxylation is 2. The highest BCUT2D eigenvalue weighted by molar-refractivity contribution is 7.17. The number of thiophene rings is 1. The first kappa shape index (κ1) is 11.8. The van der Waals surface area contributed by atoms with Crippen molar-refractivity contribution in [2.75, 3.05) is 0 Å². The molecule has 0 saturated carbocycles. The van der Waals surface area contributed by atoms with E-state index in [9.17, 15) is 0 Å². The first-order valence-corrected chi connectivity index (χ1v) is 6.77. The Morgan fingerprint density at radius 2 is 2.32 bits per heavy atom. The van der Waals surface area contributed by atoms with Crippen molar-refractivity contribution in [2.45, 2.75) is 12.8 Å². The zero-order valence-electron chi connectivity index (χ0n) is 10.4. The number of hydrogen-bond acceptors (Lipinski definition) is 5. The maximum atomic E-state index is 8.70. The van der Waals surface area contributed by atoms with Crippen molar-refractivity contribution in [3.05, 3.63) is 29.1 Å². The quantitative estimate of drug-likeness (QED) is 0.732. The number of nitriles is 1. The maximum Gasteiger partial charge on any atom is 0.181 e. The maximum absolute atomic E-state index is 8.70. The van der Waals surface area contributed by atoms with Crippen molar-refractivity contribution in [2.24, 2.45) is 7.05 Å².